The zero-order chi connectivity index (χ0) is 18.5. The molecule has 0 amide bonds. The van der Waals surface area contributed by atoms with Gasteiger partial charge >= 0.3 is 7.05 Å². The van der Waals surface area contributed by atoms with E-state index in [9.17, 15) is 5.11 Å². The van der Waals surface area contributed by atoms with Crippen LogP contribution in [0.15, 0.2) is 23.6 Å². The topological polar surface area (TPSA) is 73.7 Å². The van der Waals surface area contributed by atoms with Crippen LogP contribution >= 0.6 is 0 Å². The first kappa shape index (κ1) is 16.0. The molecule has 6 aliphatic rings. The van der Waals surface area contributed by atoms with E-state index in [1.54, 1.807) is 0 Å². The monoisotopic (exact) mass is 376 g/mol. The average Bonchev–Trinajstić information content (AvgIpc) is 3.15. The highest BCUT2D eigenvalue weighted by atomic mass is 16.4. The molecule has 0 aromatic carbocycles. The molecule has 4 aliphatic carbocycles. The summed E-state index contributed by atoms with van der Waals surface area (Å²) in [5.41, 5.74) is 4.17. The maximum atomic E-state index is 11.1. The van der Waals surface area contributed by atoms with Crippen molar-refractivity contribution in [2.75, 3.05) is 13.2 Å². The molecule has 5 atom stereocenters. The highest BCUT2D eigenvalue weighted by molar-refractivity contribution is 6.67. The number of aromatic nitrogens is 2. The highest BCUT2D eigenvalue weighted by Gasteiger charge is 2.57. The molecule has 2 aromatic rings. The number of fused-ring (bicyclic) bond motifs is 5. The molecule has 2 aromatic heterocycles. The van der Waals surface area contributed by atoms with Gasteiger partial charge in [-0.15, -0.1) is 0 Å². The standard InChI is InChI=1S/C21H25BN4O2/c27-21-8-12-6-13(9-21)17(14(7-12)10-21)19-18-15-2-3-23-20(15)24-11-16(18)22-26(25-19)4-1-5-28-22/h2-3,11-14,17,27H,1,4-10H2,(H,23,24)/t12-,13-,14+,17-,21-. The van der Waals surface area contributed by atoms with Crippen LogP contribution in [0.1, 0.15) is 44.1 Å². The predicted octanol–water partition coefficient (Wildman–Crippen LogP) is 1.89. The van der Waals surface area contributed by atoms with E-state index in [1.807, 2.05) is 12.4 Å². The van der Waals surface area contributed by atoms with Crippen LogP contribution in [-0.4, -0.2) is 51.5 Å². The minimum Gasteiger partial charge on any atom is -0.412 e. The largest absolute Gasteiger partial charge is 0.471 e. The lowest BCUT2D eigenvalue weighted by atomic mass is 9.48. The van der Waals surface area contributed by atoms with Gasteiger partial charge in [0.15, 0.2) is 0 Å². The number of aliphatic hydroxyl groups is 1. The van der Waals surface area contributed by atoms with Gasteiger partial charge in [0, 0.05) is 47.9 Å². The molecule has 5 fully saturated rings. The van der Waals surface area contributed by atoms with Gasteiger partial charge in [-0.25, -0.2) is 4.98 Å². The Morgan fingerprint density at radius 1 is 1.25 bits per heavy atom. The van der Waals surface area contributed by atoms with Crippen LogP contribution in [0.3, 0.4) is 0 Å². The fourth-order valence-electron chi connectivity index (χ4n) is 7.32. The summed E-state index contributed by atoms with van der Waals surface area (Å²) in [6.45, 7) is 1.72. The van der Waals surface area contributed by atoms with Gasteiger partial charge in [-0.05, 0) is 62.3 Å². The summed E-state index contributed by atoms with van der Waals surface area (Å²) in [5, 5.41) is 17.5. The van der Waals surface area contributed by atoms with Crippen LogP contribution in [0.4, 0.5) is 0 Å². The van der Waals surface area contributed by atoms with E-state index < -0.39 is 5.60 Å². The van der Waals surface area contributed by atoms with Gasteiger partial charge in [-0.1, -0.05) is 0 Å². The number of hydrazone groups is 1. The van der Waals surface area contributed by atoms with Gasteiger partial charge in [0.1, 0.15) is 5.65 Å². The fourth-order valence-corrected chi connectivity index (χ4v) is 7.32. The third-order valence-electron chi connectivity index (χ3n) is 8.01. The number of nitrogens with one attached hydrogen (secondary N) is 1. The predicted molar refractivity (Wildman–Crippen MR) is 107 cm³/mol. The molecular formula is C21H25BN4O2. The lowest BCUT2D eigenvalue weighted by Gasteiger charge is -2.58. The molecule has 8 rings (SSSR count). The summed E-state index contributed by atoms with van der Waals surface area (Å²) < 4.78 is 6.13. The Labute approximate surface area is 164 Å². The van der Waals surface area contributed by atoms with Crippen molar-refractivity contribution in [1.29, 1.82) is 0 Å². The molecule has 0 radical (unpaired) electrons. The van der Waals surface area contributed by atoms with Crippen LogP contribution in [0.25, 0.3) is 11.0 Å². The number of hydrogen-bond donors (Lipinski definition) is 2. The third kappa shape index (κ3) is 2.06. The third-order valence-corrected chi connectivity index (χ3v) is 8.01. The van der Waals surface area contributed by atoms with Crippen molar-refractivity contribution in [3.8, 4) is 0 Å². The first-order chi connectivity index (χ1) is 13.7. The Morgan fingerprint density at radius 2 is 2.11 bits per heavy atom. The maximum Gasteiger partial charge on any atom is 0.471 e. The van der Waals surface area contributed by atoms with Crippen molar-refractivity contribution >= 4 is 29.3 Å². The minimum absolute atomic E-state index is 0.111. The Hall–Kier alpha value is -1.86. The summed E-state index contributed by atoms with van der Waals surface area (Å²) in [6, 6.07) is 2.14. The smallest absolute Gasteiger partial charge is 0.412 e. The number of rotatable bonds is 1. The van der Waals surface area contributed by atoms with E-state index in [-0.39, 0.29) is 7.05 Å². The Bertz CT molecular complexity index is 987. The Kier molecular flexibility index (Phi) is 3.08. The zero-order valence-corrected chi connectivity index (χ0v) is 16.0. The molecule has 1 saturated heterocycles. The van der Waals surface area contributed by atoms with Gasteiger partial charge in [0.05, 0.1) is 11.3 Å². The van der Waals surface area contributed by atoms with Gasteiger partial charge in [0.2, 0.25) is 0 Å². The van der Waals surface area contributed by atoms with E-state index in [1.165, 1.54) is 29.6 Å². The molecule has 6 nitrogen and oxygen atoms in total. The van der Waals surface area contributed by atoms with E-state index in [4.69, 9.17) is 9.76 Å². The van der Waals surface area contributed by atoms with Crippen LogP contribution in [-0.2, 0) is 4.65 Å². The molecule has 7 heteroatoms. The number of nitrogens with zero attached hydrogens (tertiary/aromatic N) is 3. The fraction of sp³-hybridized carbons (Fsp3) is 0.619. The van der Waals surface area contributed by atoms with Gasteiger partial charge in [-0.2, -0.15) is 5.10 Å². The normalized spacial score (nSPS) is 38.5. The number of H-pyrrole nitrogens is 1. The first-order valence-electron chi connectivity index (χ1n) is 10.8. The number of hydrogen-bond acceptors (Lipinski definition) is 5. The van der Waals surface area contributed by atoms with Crippen LogP contribution in [0.5, 0.6) is 0 Å². The second kappa shape index (κ2) is 5.39. The lowest BCUT2D eigenvalue weighted by molar-refractivity contribution is -0.138. The van der Waals surface area contributed by atoms with Crippen molar-refractivity contribution in [3.05, 3.63) is 24.0 Å². The molecule has 2 N–H and O–H groups in total. The highest BCUT2D eigenvalue weighted by Crippen LogP contribution is 2.59. The summed E-state index contributed by atoms with van der Waals surface area (Å²) in [4.78, 5) is 10.1. The molecule has 4 saturated carbocycles. The second-order valence-electron chi connectivity index (χ2n) is 9.77. The molecule has 4 bridgehead atoms. The van der Waals surface area contributed by atoms with Crippen LogP contribution < -0.4 is 5.46 Å². The molecule has 2 aliphatic heterocycles. The van der Waals surface area contributed by atoms with E-state index in [2.05, 4.69) is 21.0 Å². The first-order valence-corrected chi connectivity index (χ1v) is 10.8. The maximum absolute atomic E-state index is 11.1. The average molecular weight is 376 g/mol. The van der Waals surface area contributed by atoms with Crippen molar-refractivity contribution < 1.29 is 9.76 Å². The van der Waals surface area contributed by atoms with Crippen molar-refractivity contribution in [1.82, 2.24) is 14.9 Å². The molecule has 0 spiro atoms. The van der Waals surface area contributed by atoms with E-state index in [0.29, 0.717) is 23.7 Å². The van der Waals surface area contributed by atoms with E-state index >= 15 is 0 Å². The van der Waals surface area contributed by atoms with Crippen molar-refractivity contribution in [3.63, 3.8) is 0 Å². The van der Waals surface area contributed by atoms with Crippen LogP contribution in [0, 0.1) is 23.7 Å². The van der Waals surface area contributed by atoms with Gasteiger partial charge in [-0.3, -0.25) is 0 Å². The molecule has 0 unspecified atom stereocenters. The van der Waals surface area contributed by atoms with Crippen molar-refractivity contribution in [2.24, 2.45) is 28.8 Å². The van der Waals surface area contributed by atoms with Crippen LogP contribution in [0.2, 0.25) is 0 Å². The summed E-state index contributed by atoms with van der Waals surface area (Å²) >= 11 is 0. The summed E-state index contributed by atoms with van der Waals surface area (Å²) in [6.07, 6.45) is 10.4. The Balaban J connectivity index is 1.41. The van der Waals surface area contributed by atoms with Gasteiger partial charge < -0.3 is 19.7 Å². The SMILES string of the molecule is O[C@]12C[C@@H]3C[C@H](C1)[C@@H](C1=NN4CCCOB4c4cnc5[nH]ccc5c41)[C@@H](C3)C2. The quantitative estimate of drug-likeness (QED) is 0.746. The summed E-state index contributed by atoms with van der Waals surface area (Å²) in [5.74, 6) is 2.25. The molecule has 28 heavy (non-hydrogen) atoms. The Morgan fingerprint density at radius 3 is 2.93 bits per heavy atom. The summed E-state index contributed by atoms with van der Waals surface area (Å²) in [7, 11) is -0.111. The molecular weight excluding hydrogens is 351 g/mol. The molecule has 144 valence electrons. The molecule has 4 heterocycles. The number of pyridine rings is 1. The van der Waals surface area contributed by atoms with Gasteiger partial charge in [0.25, 0.3) is 0 Å². The minimum atomic E-state index is -0.413. The number of aromatic amines is 1. The van der Waals surface area contributed by atoms with Crippen molar-refractivity contribution in [2.45, 2.75) is 44.1 Å². The second-order valence-corrected chi connectivity index (χ2v) is 9.77. The lowest BCUT2D eigenvalue weighted by Crippen LogP contribution is -2.61. The zero-order valence-electron chi connectivity index (χ0n) is 16.0. The van der Waals surface area contributed by atoms with E-state index in [0.717, 1.165) is 49.9 Å².